The number of aliphatic hydroxyl groups excluding tert-OH is 1. The van der Waals surface area contributed by atoms with E-state index >= 15 is 0 Å². The Morgan fingerprint density at radius 2 is 2.00 bits per heavy atom. The van der Waals surface area contributed by atoms with E-state index in [4.69, 9.17) is 5.11 Å². The minimum atomic E-state index is -3.81. The molecule has 2 N–H and O–H groups in total. The van der Waals surface area contributed by atoms with Crippen molar-refractivity contribution in [1.29, 1.82) is 0 Å². The van der Waals surface area contributed by atoms with E-state index in [2.05, 4.69) is 4.72 Å². The summed E-state index contributed by atoms with van der Waals surface area (Å²) in [5, 5.41) is 9.10. The average molecular weight is 275 g/mol. The minimum absolute atomic E-state index is 0.0555. The number of sulfonamides is 1. The van der Waals surface area contributed by atoms with Crippen molar-refractivity contribution in [3.63, 3.8) is 0 Å². The van der Waals surface area contributed by atoms with Gasteiger partial charge in [0.05, 0.1) is 11.5 Å². The first kappa shape index (κ1) is 15.1. The largest absolute Gasteiger partial charge is 0.395 e. The van der Waals surface area contributed by atoms with Gasteiger partial charge in [0.15, 0.2) is 0 Å². The molecule has 1 aromatic carbocycles. The van der Waals surface area contributed by atoms with E-state index in [1.165, 1.54) is 12.1 Å². The number of rotatable bonds is 5. The van der Waals surface area contributed by atoms with E-state index in [9.17, 15) is 12.8 Å². The normalized spacial score (nSPS) is 13.9. The van der Waals surface area contributed by atoms with Gasteiger partial charge in [-0.2, -0.15) is 0 Å². The molecule has 0 aliphatic rings. The molecule has 0 radical (unpaired) electrons. The van der Waals surface area contributed by atoms with Gasteiger partial charge in [-0.15, -0.1) is 0 Å². The van der Waals surface area contributed by atoms with Crippen molar-refractivity contribution in [3.05, 3.63) is 29.6 Å². The van der Waals surface area contributed by atoms with Gasteiger partial charge in [0, 0.05) is 6.04 Å². The first-order valence-corrected chi connectivity index (χ1v) is 7.15. The highest BCUT2D eigenvalue weighted by Gasteiger charge is 2.22. The molecule has 0 saturated heterocycles. The molecule has 0 spiro atoms. The second kappa shape index (κ2) is 5.77. The molecule has 1 aromatic rings. The molecule has 0 heterocycles. The van der Waals surface area contributed by atoms with Gasteiger partial charge >= 0.3 is 0 Å². The molecule has 0 aromatic heterocycles. The molecule has 6 heteroatoms. The van der Waals surface area contributed by atoms with Crippen molar-refractivity contribution in [3.8, 4) is 0 Å². The predicted octanol–water partition coefficient (Wildman–Crippen LogP) is 1.43. The highest BCUT2D eigenvalue weighted by atomic mass is 32.2. The van der Waals surface area contributed by atoms with Crippen LogP contribution in [0.4, 0.5) is 4.39 Å². The van der Waals surface area contributed by atoms with Gasteiger partial charge in [0.1, 0.15) is 5.82 Å². The molecule has 1 atom stereocenters. The molecule has 0 amide bonds. The summed E-state index contributed by atoms with van der Waals surface area (Å²) in [6.45, 7) is 4.84. The van der Waals surface area contributed by atoms with Crippen molar-refractivity contribution < 1.29 is 17.9 Å². The molecule has 1 rings (SSSR count). The van der Waals surface area contributed by atoms with E-state index in [0.717, 1.165) is 6.07 Å². The Hall–Kier alpha value is -0.980. The summed E-state index contributed by atoms with van der Waals surface area (Å²) < 4.78 is 39.7. The second-order valence-electron chi connectivity index (χ2n) is 4.57. The Labute approximate surface area is 107 Å². The summed E-state index contributed by atoms with van der Waals surface area (Å²) in [4.78, 5) is -0.135. The molecule has 0 fully saturated rings. The lowest BCUT2D eigenvalue weighted by atomic mass is 10.1. The van der Waals surface area contributed by atoms with Crippen molar-refractivity contribution in [2.75, 3.05) is 6.61 Å². The topological polar surface area (TPSA) is 66.4 Å². The third-order valence-corrected chi connectivity index (χ3v) is 4.25. The van der Waals surface area contributed by atoms with Crippen LogP contribution in [0.25, 0.3) is 0 Å². The molecule has 0 aliphatic carbocycles. The van der Waals surface area contributed by atoms with Gasteiger partial charge in [0.25, 0.3) is 0 Å². The van der Waals surface area contributed by atoms with Gasteiger partial charge < -0.3 is 5.11 Å². The third kappa shape index (κ3) is 3.51. The monoisotopic (exact) mass is 275 g/mol. The molecule has 1 unspecified atom stereocenters. The average Bonchev–Trinajstić information content (AvgIpc) is 2.29. The lowest BCUT2D eigenvalue weighted by molar-refractivity contribution is 0.227. The van der Waals surface area contributed by atoms with E-state index in [1.54, 1.807) is 20.8 Å². The van der Waals surface area contributed by atoms with Crippen LogP contribution < -0.4 is 4.72 Å². The van der Waals surface area contributed by atoms with Gasteiger partial charge in [0.2, 0.25) is 10.0 Å². The van der Waals surface area contributed by atoms with Crippen molar-refractivity contribution >= 4 is 10.0 Å². The maximum absolute atomic E-state index is 13.3. The molecule has 102 valence electrons. The lowest BCUT2D eigenvalue weighted by Gasteiger charge is -2.19. The quantitative estimate of drug-likeness (QED) is 0.854. The van der Waals surface area contributed by atoms with Gasteiger partial charge in [-0.25, -0.2) is 17.5 Å². The van der Waals surface area contributed by atoms with Crippen LogP contribution in [0.15, 0.2) is 23.1 Å². The Morgan fingerprint density at radius 1 is 1.39 bits per heavy atom. The van der Waals surface area contributed by atoms with Crippen LogP contribution in [0.3, 0.4) is 0 Å². The summed E-state index contributed by atoms with van der Waals surface area (Å²) in [7, 11) is -3.81. The van der Waals surface area contributed by atoms with Crippen LogP contribution in [0.5, 0.6) is 0 Å². The number of nitrogens with one attached hydrogen (secondary N) is 1. The molecule has 0 bridgehead atoms. The third-order valence-electron chi connectivity index (χ3n) is 2.76. The second-order valence-corrected chi connectivity index (χ2v) is 6.28. The molecular weight excluding hydrogens is 257 g/mol. The lowest BCUT2D eigenvalue weighted by Crippen LogP contribution is -2.41. The highest BCUT2D eigenvalue weighted by molar-refractivity contribution is 7.89. The van der Waals surface area contributed by atoms with Crippen LogP contribution in [0.1, 0.15) is 19.4 Å². The Morgan fingerprint density at radius 3 is 2.44 bits per heavy atom. The first-order chi connectivity index (χ1) is 8.27. The number of halogens is 1. The van der Waals surface area contributed by atoms with Crippen LogP contribution in [-0.2, 0) is 10.0 Å². The highest BCUT2D eigenvalue weighted by Crippen LogP contribution is 2.15. The number of aliphatic hydroxyl groups is 1. The van der Waals surface area contributed by atoms with E-state index in [0.29, 0.717) is 5.56 Å². The van der Waals surface area contributed by atoms with E-state index in [-0.39, 0.29) is 17.4 Å². The minimum Gasteiger partial charge on any atom is -0.395 e. The van der Waals surface area contributed by atoms with Crippen LogP contribution in [0.2, 0.25) is 0 Å². The fourth-order valence-corrected chi connectivity index (χ4v) is 2.78. The maximum Gasteiger partial charge on any atom is 0.241 e. The van der Waals surface area contributed by atoms with Crippen molar-refractivity contribution in [2.24, 2.45) is 5.92 Å². The zero-order chi connectivity index (χ0) is 13.9. The molecule has 0 saturated carbocycles. The Kier molecular flexibility index (Phi) is 4.84. The van der Waals surface area contributed by atoms with Gasteiger partial charge in [-0.1, -0.05) is 19.9 Å². The summed E-state index contributed by atoms with van der Waals surface area (Å²) in [5.74, 6) is -0.622. The Bertz CT molecular complexity index is 514. The summed E-state index contributed by atoms with van der Waals surface area (Å²) in [5.41, 5.74) is 0.386. The fourth-order valence-electron chi connectivity index (χ4n) is 1.39. The number of aryl methyl sites for hydroxylation is 1. The van der Waals surface area contributed by atoms with E-state index < -0.39 is 21.9 Å². The van der Waals surface area contributed by atoms with E-state index in [1.807, 2.05) is 0 Å². The van der Waals surface area contributed by atoms with Gasteiger partial charge in [-0.3, -0.25) is 0 Å². The van der Waals surface area contributed by atoms with Gasteiger partial charge in [-0.05, 0) is 30.5 Å². The number of benzene rings is 1. The van der Waals surface area contributed by atoms with Crippen molar-refractivity contribution in [2.45, 2.75) is 31.7 Å². The summed E-state index contributed by atoms with van der Waals surface area (Å²) in [6, 6.07) is 3.15. The molecule has 18 heavy (non-hydrogen) atoms. The van der Waals surface area contributed by atoms with Crippen LogP contribution in [-0.4, -0.2) is 26.2 Å². The summed E-state index contributed by atoms with van der Waals surface area (Å²) >= 11 is 0. The Balaban J connectivity index is 3.02. The number of hydrogen-bond acceptors (Lipinski definition) is 3. The first-order valence-electron chi connectivity index (χ1n) is 5.67. The fraction of sp³-hybridized carbons (Fsp3) is 0.500. The molecular formula is C12H18FNO3S. The predicted molar refractivity (Wildman–Crippen MR) is 67.2 cm³/mol. The maximum atomic E-state index is 13.3. The van der Waals surface area contributed by atoms with Crippen LogP contribution >= 0.6 is 0 Å². The summed E-state index contributed by atoms with van der Waals surface area (Å²) in [6.07, 6.45) is 0. The number of hydrogen-bond donors (Lipinski definition) is 2. The standard InChI is InChI=1S/C12H18FNO3S/c1-8(2)12(7-15)14-18(16,17)10-5-4-9(3)11(13)6-10/h4-6,8,12,14-15H,7H2,1-3H3. The van der Waals surface area contributed by atoms with Crippen LogP contribution in [0, 0.1) is 18.7 Å². The molecule has 4 nitrogen and oxygen atoms in total. The zero-order valence-electron chi connectivity index (χ0n) is 10.6. The van der Waals surface area contributed by atoms with Crippen molar-refractivity contribution in [1.82, 2.24) is 4.72 Å². The smallest absolute Gasteiger partial charge is 0.241 e. The SMILES string of the molecule is Cc1ccc(S(=O)(=O)NC(CO)C(C)C)cc1F. The zero-order valence-corrected chi connectivity index (χ0v) is 11.5. The molecule has 0 aliphatic heterocycles.